The summed E-state index contributed by atoms with van der Waals surface area (Å²) in [6, 6.07) is 0.412. The summed E-state index contributed by atoms with van der Waals surface area (Å²) >= 11 is 3.35. The van der Waals surface area contributed by atoms with Gasteiger partial charge < -0.3 is 9.47 Å². The first-order valence-corrected chi connectivity index (χ1v) is 8.03. The highest BCUT2D eigenvalue weighted by Crippen LogP contribution is 2.35. The minimum Gasteiger partial charge on any atom is -0.480 e. The molecule has 3 unspecified atom stereocenters. The van der Waals surface area contributed by atoms with E-state index in [0.29, 0.717) is 29.6 Å². The molecule has 1 aromatic heterocycles. The number of hydrogen-bond donors (Lipinski definition) is 0. The summed E-state index contributed by atoms with van der Waals surface area (Å²) in [7, 11) is 1.59. The maximum Gasteiger partial charge on any atom is 0.320 e. The zero-order chi connectivity index (χ0) is 14.7. The van der Waals surface area contributed by atoms with Crippen molar-refractivity contribution < 1.29 is 9.47 Å². The van der Waals surface area contributed by atoms with Crippen molar-refractivity contribution in [1.82, 2.24) is 9.97 Å². The third kappa shape index (κ3) is 3.62. The van der Waals surface area contributed by atoms with Gasteiger partial charge in [0.25, 0.3) is 0 Å². The van der Waals surface area contributed by atoms with Crippen molar-refractivity contribution in [1.29, 1.82) is 0 Å². The van der Waals surface area contributed by atoms with Gasteiger partial charge in [-0.1, -0.05) is 27.2 Å². The van der Waals surface area contributed by atoms with Gasteiger partial charge in [-0.2, -0.15) is 4.98 Å². The largest absolute Gasteiger partial charge is 0.480 e. The molecule has 0 aliphatic heterocycles. The standard InChI is InChI=1S/C15H23BrN2O2/c1-9(2)11-6-5-10(3)7-13(11)20-15-17-8-12(16)14(18-15)19-4/h8-11,13H,5-7H2,1-4H3. The molecule has 0 radical (unpaired) electrons. The number of nitrogens with zero attached hydrogens (tertiary/aromatic N) is 2. The van der Waals surface area contributed by atoms with Gasteiger partial charge in [0.15, 0.2) is 0 Å². The first-order valence-electron chi connectivity index (χ1n) is 7.24. The van der Waals surface area contributed by atoms with E-state index >= 15 is 0 Å². The molecule has 1 aliphatic carbocycles. The van der Waals surface area contributed by atoms with E-state index in [2.05, 4.69) is 46.7 Å². The molecule has 4 nitrogen and oxygen atoms in total. The van der Waals surface area contributed by atoms with Gasteiger partial charge in [0.2, 0.25) is 5.88 Å². The summed E-state index contributed by atoms with van der Waals surface area (Å²) in [5, 5.41) is 0. The van der Waals surface area contributed by atoms with Crippen LogP contribution in [0.1, 0.15) is 40.0 Å². The van der Waals surface area contributed by atoms with E-state index in [1.807, 2.05) is 0 Å². The molecule has 112 valence electrons. The highest BCUT2D eigenvalue weighted by atomic mass is 79.9. The molecule has 0 saturated heterocycles. The van der Waals surface area contributed by atoms with Gasteiger partial charge in [-0.15, -0.1) is 0 Å². The molecule has 0 bridgehead atoms. The predicted octanol–water partition coefficient (Wildman–Crippen LogP) is 4.09. The van der Waals surface area contributed by atoms with Crippen LogP contribution in [0.3, 0.4) is 0 Å². The van der Waals surface area contributed by atoms with E-state index in [9.17, 15) is 0 Å². The van der Waals surface area contributed by atoms with Crippen molar-refractivity contribution in [3.05, 3.63) is 10.7 Å². The van der Waals surface area contributed by atoms with E-state index in [4.69, 9.17) is 9.47 Å². The average molecular weight is 343 g/mol. The van der Waals surface area contributed by atoms with Gasteiger partial charge >= 0.3 is 6.01 Å². The minimum atomic E-state index is 0.199. The highest BCUT2D eigenvalue weighted by molar-refractivity contribution is 9.10. The molecular weight excluding hydrogens is 320 g/mol. The zero-order valence-electron chi connectivity index (χ0n) is 12.6. The van der Waals surface area contributed by atoms with Crippen LogP contribution in [0.25, 0.3) is 0 Å². The first kappa shape index (κ1) is 15.5. The van der Waals surface area contributed by atoms with Crippen molar-refractivity contribution in [2.45, 2.75) is 46.1 Å². The third-order valence-corrected chi connectivity index (χ3v) is 4.65. The quantitative estimate of drug-likeness (QED) is 0.826. The van der Waals surface area contributed by atoms with Gasteiger partial charge in [-0.25, -0.2) is 4.98 Å². The number of methoxy groups -OCH3 is 1. The number of rotatable bonds is 4. The summed E-state index contributed by atoms with van der Waals surface area (Å²) in [6.07, 6.45) is 5.46. The Morgan fingerprint density at radius 3 is 2.75 bits per heavy atom. The molecule has 3 atom stereocenters. The topological polar surface area (TPSA) is 44.2 Å². The monoisotopic (exact) mass is 342 g/mol. The summed E-state index contributed by atoms with van der Waals surface area (Å²) in [5.74, 6) is 2.40. The summed E-state index contributed by atoms with van der Waals surface area (Å²) < 4.78 is 12.0. The lowest BCUT2D eigenvalue weighted by Crippen LogP contribution is -2.36. The molecule has 5 heteroatoms. The van der Waals surface area contributed by atoms with E-state index in [0.717, 1.165) is 10.9 Å². The molecular formula is C15H23BrN2O2. The predicted molar refractivity (Wildman–Crippen MR) is 82.0 cm³/mol. The maximum atomic E-state index is 6.07. The second-order valence-corrected chi connectivity index (χ2v) is 6.85. The van der Waals surface area contributed by atoms with Crippen LogP contribution in [0.2, 0.25) is 0 Å². The van der Waals surface area contributed by atoms with E-state index in [-0.39, 0.29) is 6.10 Å². The molecule has 0 aromatic carbocycles. The molecule has 0 N–H and O–H groups in total. The Morgan fingerprint density at radius 2 is 2.10 bits per heavy atom. The van der Waals surface area contributed by atoms with Gasteiger partial charge in [0, 0.05) is 0 Å². The molecule has 1 fully saturated rings. The molecule has 1 aromatic rings. The average Bonchev–Trinajstić information content (AvgIpc) is 2.40. The molecule has 0 amide bonds. The van der Waals surface area contributed by atoms with Crippen molar-refractivity contribution >= 4 is 15.9 Å². The van der Waals surface area contributed by atoms with Gasteiger partial charge in [-0.3, -0.25) is 0 Å². The summed E-state index contributed by atoms with van der Waals surface area (Å²) in [5.41, 5.74) is 0. The second kappa shape index (κ2) is 6.74. The Labute approximate surface area is 129 Å². The number of aromatic nitrogens is 2. The van der Waals surface area contributed by atoms with Crippen molar-refractivity contribution in [2.75, 3.05) is 7.11 Å². The van der Waals surface area contributed by atoms with E-state index in [1.54, 1.807) is 13.3 Å². The fourth-order valence-corrected chi connectivity index (χ4v) is 3.27. The van der Waals surface area contributed by atoms with E-state index in [1.165, 1.54) is 12.8 Å². The Morgan fingerprint density at radius 1 is 1.35 bits per heavy atom. The summed E-state index contributed by atoms with van der Waals surface area (Å²) in [6.45, 7) is 6.82. The maximum absolute atomic E-state index is 6.07. The Hall–Kier alpha value is -0.840. The van der Waals surface area contributed by atoms with Crippen LogP contribution in [-0.4, -0.2) is 23.2 Å². The molecule has 20 heavy (non-hydrogen) atoms. The van der Waals surface area contributed by atoms with Crippen molar-refractivity contribution in [3.63, 3.8) is 0 Å². The molecule has 2 rings (SSSR count). The van der Waals surface area contributed by atoms with Crippen molar-refractivity contribution in [2.24, 2.45) is 17.8 Å². The third-order valence-electron chi connectivity index (χ3n) is 4.10. The Bertz CT molecular complexity index is 453. The summed E-state index contributed by atoms with van der Waals surface area (Å²) in [4.78, 5) is 8.54. The van der Waals surface area contributed by atoms with Gasteiger partial charge in [0.1, 0.15) is 6.10 Å². The Balaban J connectivity index is 2.13. The highest BCUT2D eigenvalue weighted by Gasteiger charge is 2.32. The lowest BCUT2D eigenvalue weighted by atomic mass is 9.75. The Kier molecular flexibility index (Phi) is 5.24. The molecule has 1 heterocycles. The normalized spacial score (nSPS) is 26.6. The van der Waals surface area contributed by atoms with Crippen LogP contribution in [0.5, 0.6) is 11.9 Å². The number of halogens is 1. The van der Waals surface area contributed by atoms with Crippen LogP contribution in [0.15, 0.2) is 10.7 Å². The minimum absolute atomic E-state index is 0.199. The lowest BCUT2D eigenvalue weighted by molar-refractivity contribution is 0.0384. The van der Waals surface area contributed by atoms with E-state index < -0.39 is 0 Å². The molecule has 1 saturated carbocycles. The fourth-order valence-electron chi connectivity index (χ4n) is 2.92. The second-order valence-electron chi connectivity index (χ2n) is 5.99. The SMILES string of the molecule is COc1nc(OC2CC(C)CCC2C(C)C)ncc1Br. The van der Waals surface area contributed by atoms with Gasteiger partial charge in [-0.05, 0) is 46.5 Å². The lowest BCUT2D eigenvalue weighted by Gasteiger charge is -2.36. The van der Waals surface area contributed by atoms with Crippen LogP contribution in [0, 0.1) is 17.8 Å². The van der Waals surface area contributed by atoms with Crippen LogP contribution < -0.4 is 9.47 Å². The number of ether oxygens (including phenoxy) is 2. The van der Waals surface area contributed by atoms with Gasteiger partial charge in [0.05, 0.1) is 17.8 Å². The number of hydrogen-bond acceptors (Lipinski definition) is 4. The van der Waals surface area contributed by atoms with Crippen molar-refractivity contribution in [3.8, 4) is 11.9 Å². The fraction of sp³-hybridized carbons (Fsp3) is 0.733. The first-order chi connectivity index (χ1) is 9.51. The molecule has 0 spiro atoms. The molecule has 1 aliphatic rings. The zero-order valence-corrected chi connectivity index (χ0v) is 14.2. The smallest absolute Gasteiger partial charge is 0.320 e. The van der Waals surface area contributed by atoms with Crippen LogP contribution in [0.4, 0.5) is 0 Å². The van der Waals surface area contributed by atoms with Crippen LogP contribution >= 0.6 is 15.9 Å². The van der Waals surface area contributed by atoms with Crippen LogP contribution in [-0.2, 0) is 0 Å².